The monoisotopic (exact) mass is 287 g/mol. The van der Waals surface area contributed by atoms with Crippen LogP contribution < -0.4 is 10.8 Å². The normalized spacial score (nSPS) is 15.3. The fourth-order valence-electron chi connectivity index (χ4n) is 2.31. The smallest absolute Gasteiger partial charge is 0.276 e. The molecule has 1 aliphatic carbocycles. The molecule has 1 aliphatic rings. The van der Waals surface area contributed by atoms with E-state index in [1.54, 1.807) is 0 Å². The van der Waals surface area contributed by atoms with Crippen molar-refractivity contribution in [2.24, 2.45) is 0 Å². The SMILES string of the molecule is O=C(NO)c1cnc(NC2(c3ccccc3)CC2)c(F)c1. The molecule has 1 amide bonds. The van der Waals surface area contributed by atoms with Gasteiger partial charge < -0.3 is 5.32 Å². The van der Waals surface area contributed by atoms with E-state index in [1.165, 1.54) is 11.7 Å². The maximum absolute atomic E-state index is 14.0. The molecular weight excluding hydrogens is 273 g/mol. The van der Waals surface area contributed by atoms with Crippen molar-refractivity contribution in [2.75, 3.05) is 5.32 Å². The van der Waals surface area contributed by atoms with Gasteiger partial charge in [-0.25, -0.2) is 14.9 Å². The van der Waals surface area contributed by atoms with Crippen LogP contribution in [0.3, 0.4) is 0 Å². The molecule has 1 saturated carbocycles. The first kappa shape index (κ1) is 13.5. The first-order valence-corrected chi connectivity index (χ1v) is 6.58. The molecular formula is C15H14FN3O2. The van der Waals surface area contributed by atoms with Crippen LogP contribution >= 0.6 is 0 Å². The Morgan fingerprint density at radius 3 is 2.57 bits per heavy atom. The van der Waals surface area contributed by atoms with E-state index >= 15 is 0 Å². The lowest BCUT2D eigenvalue weighted by Crippen LogP contribution is -2.22. The summed E-state index contributed by atoms with van der Waals surface area (Å²) in [6, 6.07) is 10.8. The number of benzene rings is 1. The molecule has 1 fully saturated rings. The van der Waals surface area contributed by atoms with Crippen LogP contribution in [0.25, 0.3) is 0 Å². The van der Waals surface area contributed by atoms with Crippen LogP contribution in [0.5, 0.6) is 0 Å². The predicted molar refractivity (Wildman–Crippen MR) is 74.4 cm³/mol. The number of carbonyl (C=O) groups excluding carboxylic acids is 1. The van der Waals surface area contributed by atoms with Gasteiger partial charge in [0.1, 0.15) is 0 Å². The maximum atomic E-state index is 14.0. The van der Waals surface area contributed by atoms with Gasteiger partial charge in [-0.15, -0.1) is 0 Å². The van der Waals surface area contributed by atoms with Crippen molar-refractivity contribution < 1.29 is 14.4 Å². The number of carbonyl (C=O) groups is 1. The summed E-state index contributed by atoms with van der Waals surface area (Å²) in [5.41, 5.74) is 2.22. The molecule has 21 heavy (non-hydrogen) atoms. The number of pyridine rings is 1. The molecule has 0 radical (unpaired) electrons. The lowest BCUT2D eigenvalue weighted by Gasteiger charge is -2.19. The summed E-state index contributed by atoms with van der Waals surface area (Å²) in [6.45, 7) is 0. The number of nitrogens with zero attached hydrogens (tertiary/aromatic N) is 1. The Morgan fingerprint density at radius 1 is 1.29 bits per heavy atom. The van der Waals surface area contributed by atoms with E-state index < -0.39 is 11.7 Å². The van der Waals surface area contributed by atoms with Gasteiger partial charge in [-0.1, -0.05) is 30.3 Å². The third-order valence-electron chi connectivity index (χ3n) is 3.64. The number of amides is 1. The van der Waals surface area contributed by atoms with Crippen molar-refractivity contribution in [1.29, 1.82) is 0 Å². The minimum Gasteiger partial charge on any atom is -0.358 e. The summed E-state index contributed by atoms with van der Waals surface area (Å²) >= 11 is 0. The summed E-state index contributed by atoms with van der Waals surface area (Å²) in [4.78, 5) is 15.1. The number of hydrogen-bond acceptors (Lipinski definition) is 4. The number of hydrogen-bond donors (Lipinski definition) is 3. The van der Waals surface area contributed by atoms with Crippen LogP contribution in [-0.2, 0) is 5.54 Å². The van der Waals surface area contributed by atoms with Gasteiger partial charge >= 0.3 is 0 Å². The summed E-state index contributed by atoms with van der Waals surface area (Å²) in [5, 5.41) is 11.6. The Labute approximate surface area is 120 Å². The van der Waals surface area contributed by atoms with Crippen molar-refractivity contribution in [1.82, 2.24) is 10.5 Å². The summed E-state index contributed by atoms with van der Waals surface area (Å²) < 4.78 is 14.0. The summed E-state index contributed by atoms with van der Waals surface area (Å²) in [6.07, 6.45) is 3.02. The van der Waals surface area contributed by atoms with E-state index in [-0.39, 0.29) is 16.9 Å². The summed E-state index contributed by atoms with van der Waals surface area (Å²) in [5.74, 6) is -1.32. The van der Waals surface area contributed by atoms with Crippen molar-refractivity contribution in [2.45, 2.75) is 18.4 Å². The minimum atomic E-state index is -0.794. The fourth-order valence-corrected chi connectivity index (χ4v) is 2.31. The fraction of sp³-hybridized carbons (Fsp3) is 0.200. The van der Waals surface area contributed by atoms with Gasteiger partial charge in [-0.3, -0.25) is 10.0 Å². The van der Waals surface area contributed by atoms with E-state index in [0.717, 1.165) is 24.5 Å². The topological polar surface area (TPSA) is 74.2 Å². The van der Waals surface area contributed by atoms with E-state index in [2.05, 4.69) is 10.3 Å². The number of nitrogens with one attached hydrogen (secondary N) is 2. The van der Waals surface area contributed by atoms with Crippen molar-refractivity contribution in [3.63, 3.8) is 0 Å². The third kappa shape index (κ3) is 2.57. The molecule has 5 nitrogen and oxygen atoms in total. The Kier molecular flexibility index (Phi) is 3.31. The lowest BCUT2D eigenvalue weighted by molar-refractivity contribution is 0.0705. The van der Waals surface area contributed by atoms with E-state index in [4.69, 9.17) is 5.21 Å². The standard InChI is InChI=1S/C15H14FN3O2/c16-12-8-10(14(20)19-21)9-17-13(12)18-15(6-7-15)11-4-2-1-3-5-11/h1-5,8-9,21H,6-7H2,(H,17,18)(H,19,20). The predicted octanol–water partition coefficient (Wildman–Crippen LogP) is 2.44. The molecule has 3 rings (SSSR count). The molecule has 6 heteroatoms. The largest absolute Gasteiger partial charge is 0.358 e. The highest BCUT2D eigenvalue weighted by molar-refractivity contribution is 5.93. The number of aromatic nitrogens is 1. The van der Waals surface area contributed by atoms with Gasteiger partial charge in [0.25, 0.3) is 5.91 Å². The van der Waals surface area contributed by atoms with Crippen LogP contribution in [0.15, 0.2) is 42.6 Å². The first-order chi connectivity index (χ1) is 10.1. The molecule has 0 aliphatic heterocycles. The molecule has 1 heterocycles. The zero-order valence-corrected chi connectivity index (χ0v) is 11.1. The number of rotatable bonds is 4. The minimum absolute atomic E-state index is 0.0369. The maximum Gasteiger partial charge on any atom is 0.276 e. The highest BCUT2D eigenvalue weighted by atomic mass is 19.1. The highest BCUT2D eigenvalue weighted by Crippen LogP contribution is 2.48. The molecule has 0 atom stereocenters. The Morgan fingerprint density at radius 2 is 2.00 bits per heavy atom. The van der Waals surface area contributed by atoms with Crippen LogP contribution in [-0.4, -0.2) is 16.1 Å². The number of halogens is 1. The quantitative estimate of drug-likeness (QED) is 0.596. The van der Waals surface area contributed by atoms with Crippen molar-refractivity contribution in [3.8, 4) is 0 Å². The first-order valence-electron chi connectivity index (χ1n) is 6.58. The van der Waals surface area contributed by atoms with Gasteiger partial charge in [0, 0.05) is 6.20 Å². The lowest BCUT2D eigenvalue weighted by atomic mass is 10.1. The van der Waals surface area contributed by atoms with Gasteiger partial charge in [-0.05, 0) is 24.5 Å². The second kappa shape index (κ2) is 5.14. The van der Waals surface area contributed by atoms with Crippen LogP contribution in [0, 0.1) is 5.82 Å². The Balaban J connectivity index is 1.84. The number of hydroxylamine groups is 1. The van der Waals surface area contributed by atoms with Gasteiger partial charge in [-0.2, -0.15) is 0 Å². The van der Waals surface area contributed by atoms with Crippen LogP contribution in [0.1, 0.15) is 28.8 Å². The van der Waals surface area contributed by atoms with Crippen molar-refractivity contribution >= 4 is 11.7 Å². The molecule has 0 spiro atoms. The molecule has 0 saturated heterocycles. The Bertz CT molecular complexity index is 672. The van der Waals surface area contributed by atoms with E-state index in [0.29, 0.717) is 0 Å². The summed E-state index contributed by atoms with van der Waals surface area (Å²) in [7, 11) is 0. The van der Waals surface area contributed by atoms with Crippen LogP contribution in [0.2, 0.25) is 0 Å². The highest BCUT2D eigenvalue weighted by Gasteiger charge is 2.45. The number of anilines is 1. The van der Waals surface area contributed by atoms with E-state index in [9.17, 15) is 9.18 Å². The average Bonchev–Trinajstić information content (AvgIpc) is 3.30. The molecule has 0 bridgehead atoms. The van der Waals surface area contributed by atoms with Crippen LogP contribution in [0.4, 0.5) is 10.2 Å². The molecule has 108 valence electrons. The molecule has 2 aromatic rings. The van der Waals surface area contributed by atoms with E-state index in [1.807, 2.05) is 30.3 Å². The van der Waals surface area contributed by atoms with Gasteiger partial charge in [0.15, 0.2) is 11.6 Å². The van der Waals surface area contributed by atoms with Gasteiger partial charge in [0.05, 0.1) is 11.1 Å². The second-order valence-corrected chi connectivity index (χ2v) is 5.07. The van der Waals surface area contributed by atoms with Gasteiger partial charge in [0.2, 0.25) is 0 Å². The zero-order valence-electron chi connectivity index (χ0n) is 11.1. The molecule has 1 aromatic heterocycles. The Hall–Kier alpha value is -2.47. The molecule has 0 unspecified atom stereocenters. The molecule has 3 N–H and O–H groups in total. The zero-order chi connectivity index (χ0) is 14.9. The third-order valence-corrected chi connectivity index (χ3v) is 3.64. The second-order valence-electron chi connectivity index (χ2n) is 5.07. The molecule has 1 aromatic carbocycles. The van der Waals surface area contributed by atoms with Crippen molar-refractivity contribution in [3.05, 3.63) is 59.5 Å². The average molecular weight is 287 g/mol.